The van der Waals surface area contributed by atoms with E-state index in [-0.39, 0.29) is 18.4 Å². The van der Waals surface area contributed by atoms with Crippen LogP contribution in [-0.4, -0.2) is 32.8 Å². The van der Waals surface area contributed by atoms with Gasteiger partial charge in [-0.2, -0.15) is 5.10 Å². The summed E-state index contributed by atoms with van der Waals surface area (Å²) in [7, 11) is 1.80. The molecule has 0 aliphatic carbocycles. The van der Waals surface area contributed by atoms with Crippen LogP contribution in [0.3, 0.4) is 0 Å². The van der Waals surface area contributed by atoms with Crippen LogP contribution in [0, 0.1) is 0 Å². The molecule has 0 aromatic carbocycles. The molecule has 18 heavy (non-hydrogen) atoms. The average Bonchev–Trinajstić information content (AvgIpc) is 2.70. The number of aromatic nitrogens is 2. The number of carbonyl (C=O) groups is 2. The van der Waals surface area contributed by atoms with Crippen LogP contribution in [0.15, 0.2) is 18.5 Å². The third kappa shape index (κ3) is 5.29. The van der Waals surface area contributed by atoms with E-state index in [4.69, 9.17) is 5.11 Å². The third-order valence-corrected chi connectivity index (χ3v) is 2.33. The van der Waals surface area contributed by atoms with E-state index in [1.54, 1.807) is 37.1 Å². The van der Waals surface area contributed by atoms with Crippen LogP contribution in [0.1, 0.15) is 25.3 Å². The van der Waals surface area contributed by atoms with E-state index in [0.717, 1.165) is 5.56 Å². The van der Waals surface area contributed by atoms with Gasteiger partial charge in [0.2, 0.25) is 5.91 Å². The van der Waals surface area contributed by atoms with Gasteiger partial charge in [-0.15, -0.1) is 0 Å². The van der Waals surface area contributed by atoms with Crippen molar-refractivity contribution in [2.24, 2.45) is 7.05 Å². The van der Waals surface area contributed by atoms with Crippen molar-refractivity contribution in [1.29, 1.82) is 0 Å². The number of hydrogen-bond acceptors (Lipinski definition) is 3. The van der Waals surface area contributed by atoms with Gasteiger partial charge in [-0.3, -0.25) is 14.3 Å². The lowest BCUT2D eigenvalue weighted by atomic mass is 10.2. The zero-order valence-corrected chi connectivity index (χ0v) is 10.5. The topological polar surface area (TPSA) is 84.2 Å². The Hall–Kier alpha value is -2.11. The van der Waals surface area contributed by atoms with Crippen LogP contribution in [0.4, 0.5) is 0 Å². The average molecular weight is 251 g/mol. The molecule has 1 unspecified atom stereocenters. The predicted molar refractivity (Wildman–Crippen MR) is 66.7 cm³/mol. The first kappa shape index (κ1) is 14.0. The minimum Gasteiger partial charge on any atom is -0.481 e. The van der Waals surface area contributed by atoms with Crippen LogP contribution in [0.2, 0.25) is 0 Å². The number of amides is 1. The summed E-state index contributed by atoms with van der Waals surface area (Å²) in [5, 5.41) is 15.2. The SMILES string of the molecule is CC(CCC(=O)O)NC(=O)C=Cc1cnn(C)c1. The Morgan fingerprint density at radius 1 is 1.61 bits per heavy atom. The van der Waals surface area contributed by atoms with Crippen molar-refractivity contribution in [3.8, 4) is 0 Å². The Balaban J connectivity index is 2.37. The summed E-state index contributed by atoms with van der Waals surface area (Å²) in [5.41, 5.74) is 0.839. The highest BCUT2D eigenvalue weighted by Crippen LogP contribution is 2.00. The molecule has 1 aromatic rings. The number of aliphatic carboxylic acids is 1. The smallest absolute Gasteiger partial charge is 0.303 e. The summed E-state index contributed by atoms with van der Waals surface area (Å²) in [6, 6.07) is -0.160. The molecule has 0 aliphatic heterocycles. The lowest BCUT2D eigenvalue weighted by Crippen LogP contribution is -2.31. The van der Waals surface area contributed by atoms with Crippen LogP contribution >= 0.6 is 0 Å². The second-order valence-corrected chi connectivity index (χ2v) is 4.12. The third-order valence-electron chi connectivity index (χ3n) is 2.33. The maximum absolute atomic E-state index is 11.5. The van der Waals surface area contributed by atoms with E-state index in [9.17, 15) is 9.59 Å². The minimum absolute atomic E-state index is 0.0494. The molecular formula is C12H17N3O3. The zero-order valence-electron chi connectivity index (χ0n) is 10.5. The van der Waals surface area contributed by atoms with Gasteiger partial charge in [-0.25, -0.2) is 0 Å². The van der Waals surface area contributed by atoms with Gasteiger partial charge in [0.15, 0.2) is 0 Å². The number of aryl methyl sites for hydroxylation is 1. The van der Waals surface area contributed by atoms with E-state index in [0.29, 0.717) is 6.42 Å². The van der Waals surface area contributed by atoms with Crippen LogP contribution in [0.25, 0.3) is 6.08 Å². The number of nitrogens with zero attached hydrogens (tertiary/aromatic N) is 2. The Bertz CT molecular complexity index is 451. The molecule has 6 nitrogen and oxygen atoms in total. The minimum atomic E-state index is -0.859. The van der Waals surface area contributed by atoms with Crippen molar-refractivity contribution < 1.29 is 14.7 Å². The standard InChI is InChI=1S/C12H17N3O3/c1-9(3-6-12(17)18)14-11(16)5-4-10-7-13-15(2)8-10/h4-5,7-9H,3,6H2,1-2H3,(H,14,16)(H,17,18). The molecule has 0 spiro atoms. The summed E-state index contributed by atoms with van der Waals surface area (Å²) in [6.45, 7) is 1.78. The Morgan fingerprint density at radius 2 is 2.33 bits per heavy atom. The number of carboxylic acid groups (broad SMARTS) is 1. The molecule has 6 heteroatoms. The van der Waals surface area contributed by atoms with E-state index < -0.39 is 5.97 Å². The van der Waals surface area contributed by atoms with Crippen molar-refractivity contribution in [3.05, 3.63) is 24.0 Å². The lowest BCUT2D eigenvalue weighted by Gasteiger charge is -2.10. The van der Waals surface area contributed by atoms with Crippen molar-refractivity contribution in [1.82, 2.24) is 15.1 Å². The van der Waals surface area contributed by atoms with E-state index in [1.165, 1.54) is 6.08 Å². The van der Waals surface area contributed by atoms with Crippen LogP contribution < -0.4 is 5.32 Å². The molecule has 0 saturated carbocycles. The summed E-state index contributed by atoms with van der Waals surface area (Å²) in [6.07, 6.45) is 6.98. The van der Waals surface area contributed by atoms with Gasteiger partial charge >= 0.3 is 5.97 Å². The van der Waals surface area contributed by atoms with E-state index in [1.807, 2.05) is 0 Å². The van der Waals surface area contributed by atoms with Gasteiger partial charge in [0.05, 0.1) is 6.20 Å². The zero-order chi connectivity index (χ0) is 13.5. The van der Waals surface area contributed by atoms with Gasteiger partial charge in [0.1, 0.15) is 0 Å². The molecule has 1 atom stereocenters. The maximum atomic E-state index is 11.5. The molecule has 1 amide bonds. The van der Waals surface area contributed by atoms with E-state index in [2.05, 4.69) is 10.4 Å². The number of carboxylic acids is 1. The highest BCUT2D eigenvalue weighted by Gasteiger charge is 2.06. The quantitative estimate of drug-likeness (QED) is 0.732. The fourth-order valence-corrected chi connectivity index (χ4v) is 1.40. The van der Waals surface area contributed by atoms with Gasteiger partial charge in [0, 0.05) is 37.3 Å². The fraction of sp³-hybridized carbons (Fsp3) is 0.417. The normalized spacial score (nSPS) is 12.6. The van der Waals surface area contributed by atoms with Crippen molar-refractivity contribution >= 4 is 18.0 Å². The molecule has 1 aromatic heterocycles. The van der Waals surface area contributed by atoms with Crippen LogP contribution in [-0.2, 0) is 16.6 Å². The van der Waals surface area contributed by atoms with Crippen molar-refractivity contribution in [2.75, 3.05) is 0 Å². The molecule has 98 valence electrons. The molecule has 0 aliphatic rings. The molecule has 1 heterocycles. The fourth-order valence-electron chi connectivity index (χ4n) is 1.40. The summed E-state index contributed by atoms with van der Waals surface area (Å²) >= 11 is 0. The molecular weight excluding hydrogens is 234 g/mol. The first-order valence-electron chi connectivity index (χ1n) is 5.66. The first-order chi connectivity index (χ1) is 8.47. The predicted octanol–water partition coefficient (Wildman–Crippen LogP) is 0.803. The van der Waals surface area contributed by atoms with E-state index >= 15 is 0 Å². The molecule has 0 bridgehead atoms. The Kier molecular flexibility index (Phi) is 5.10. The molecule has 0 radical (unpaired) electrons. The number of rotatable bonds is 6. The molecule has 1 rings (SSSR count). The van der Waals surface area contributed by atoms with Crippen molar-refractivity contribution in [2.45, 2.75) is 25.8 Å². The van der Waals surface area contributed by atoms with Gasteiger partial charge < -0.3 is 10.4 Å². The summed E-state index contributed by atoms with van der Waals surface area (Å²) in [4.78, 5) is 21.9. The van der Waals surface area contributed by atoms with Crippen molar-refractivity contribution in [3.63, 3.8) is 0 Å². The lowest BCUT2D eigenvalue weighted by molar-refractivity contribution is -0.137. The first-order valence-corrected chi connectivity index (χ1v) is 5.66. The van der Waals surface area contributed by atoms with Crippen LogP contribution in [0.5, 0.6) is 0 Å². The molecule has 2 N–H and O–H groups in total. The highest BCUT2D eigenvalue weighted by atomic mass is 16.4. The molecule has 0 saturated heterocycles. The Labute approximate surface area is 105 Å². The summed E-state index contributed by atoms with van der Waals surface area (Å²) in [5.74, 6) is -1.10. The number of nitrogens with one attached hydrogen (secondary N) is 1. The second-order valence-electron chi connectivity index (χ2n) is 4.12. The monoisotopic (exact) mass is 251 g/mol. The van der Waals surface area contributed by atoms with Gasteiger partial charge in [0.25, 0.3) is 0 Å². The number of carbonyl (C=O) groups excluding carboxylic acids is 1. The second kappa shape index (κ2) is 6.58. The molecule has 0 fully saturated rings. The maximum Gasteiger partial charge on any atom is 0.303 e. The number of hydrogen-bond donors (Lipinski definition) is 2. The highest BCUT2D eigenvalue weighted by molar-refractivity contribution is 5.91. The van der Waals surface area contributed by atoms with Gasteiger partial charge in [-0.05, 0) is 19.4 Å². The largest absolute Gasteiger partial charge is 0.481 e. The summed E-state index contributed by atoms with van der Waals surface area (Å²) < 4.78 is 1.65. The Morgan fingerprint density at radius 3 is 2.89 bits per heavy atom. The van der Waals surface area contributed by atoms with Gasteiger partial charge in [-0.1, -0.05) is 0 Å².